The molecule has 6 heteroatoms. The average molecular weight is 302 g/mol. The van der Waals surface area contributed by atoms with Gasteiger partial charge in [0.15, 0.2) is 0 Å². The van der Waals surface area contributed by atoms with Crippen LogP contribution in [0.25, 0.3) is 0 Å². The minimum Gasteiger partial charge on any atom is -0.385 e. The Bertz CT molecular complexity index is 486. The summed E-state index contributed by atoms with van der Waals surface area (Å²) in [5, 5.41) is 2.81. The molecule has 0 aliphatic rings. The van der Waals surface area contributed by atoms with Crippen molar-refractivity contribution in [1.82, 2.24) is 4.72 Å². The average Bonchev–Trinajstić information content (AvgIpc) is 2.39. The molecule has 0 atom stereocenters. The number of anilines is 1. The third kappa shape index (κ3) is 6.34. The topological polar surface area (TPSA) is 58.2 Å². The number of hydrogen-bond acceptors (Lipinski definition) is 3. The van der Waals surface area contributed by atoms with Crippen molar-refractivity contribution in [1.29, 1.82) is 0 Å². The van der Waals surface area contributed by atoms with E-state index in [9.17, 15) is 12.8 Å². The van der Waals surface area contributed by atoms with Crippen LogP contribution in [0.3, 0.4) is 0 Å². The number of halogens is 1. The van der Waals surface area contributed by atoms with Crippen LogP contribution in [0.2, 0.25) is 0 Å². The van der Waals surface area contributed by atoms with Crippen LogP contribution >= 0.6 is 0 Å². The van der Waals surface area contributed by atoms with E-state index in [2.05, 4.69) is 10.0 Å². The quantitative estimate of drug-likeness (QED) is 0.690. The Kier molecular flexibility index (Phi) is 6.95. The molecule has 0 heterocycles. The minimum absolute atomic E-state index is 0.243. The lowest BCUT2D eigenvalue weighted by Crippen LogP contribution is -2.31. The van der Waals surface area contributed by atoms with Gasteiger partial charge in [0, 0.05) is 18.8 Å². The first-order valence-corrected chi connectivity index (χ1v) is 8.44. The summed E-state index contributed by atoms with van der Waals surface area (Å²) in [7, 11) is -3.14. The summed E-state index contributed by atoms with van der Waals surface area (Å²) in [6, 6.07) is 6.24. The minimum atomic E-state index is -3.14. The molecule has 1 aromatic rings. The van der Waals surface area contributed by atoms with E-state index in [4.69, 9.17) is 0 Å². The Morgan fingerprint density at radius 1 is 1.05 bits per heavy atom. The van der Waals surface area contributed by atoms with Crippen LogP contribution in [0.1, 0.15) is 33.1 Å². The van der Waals surface area contributed by atoms with Crippen LogP contribution in [-0.4, -0.2) is 26.8 Å². The molecule has 0 unspecified atom stereocenters. The standard InChI is InChI=1S/C14H23FN2O2S/c1-12(2)20(18,19)17-11-5-3-4-10-16-14-8-6-13(15)7-9-14/h6-9,12,16-17H,3-5,10-11H2,1-2H3. The van der Waals surface area contributed by atoms with Gasteiger partial charge >= 0.3 is 0 Å². The molecule has 0 aliphatic heterocycles. The second kappa shape index (κ2) is 8.21. The highest BCUT2D eigenvalue weighted by Crippen LogP contribution is 2.08. The van der Waals surface area contributed by atoms with Gasteiger partial charge < -0.3 is 5.32 Å². The molecule has 0 aromatic heterocycles. The van der Waals surface area contributed by atoms with Gasteiger partial charge in [-0.25, -0.2) is 17.5 Å². The van der Waals surface area contributed by atoms with Crippen LogP contribution in [0, 0.1) is 5.82 Å². The van der Waals surface area contributed by atoms with E-state index in [0.717, 1.165) is 31.5 Å². The number of rotatable bonds is 9. The number of benzene rings is 1. The lowest BCUT2D eigenvalue weighted by molar-refractivity contribution is 0.566. The Morgan fingerprint density at radius 2 is 1.65 bits per heavy atom. The van der Waals surface area contributed by atoms with Crippen molar-refractivity contribution in [2.45, 2.75) is 38.4 Å². The van der Waals surface area contributed by atoms with Crippen molar-refractivity contribution >= 4 is 15.7 Å². The molecule has 4 nitrogen and oxygen atoms in total. The monoisotopic (exact) mass is 302 g/mol. The molecule has 0 radical (unpaired) electrons. The first kappa shape index (κ1) is 16.9. The maximum atomic E-state index is 12.7. The molecule has 0 aliphatic carbocycles. The molecule has 0 saturated carbocycles. The summed E-state index contributed by atoms with van der Waals surface area (Å²) < 4.78 is 38.2. The smallest absolute Gasteiger partial charge is 0.213 e. The van der Waals surface area contributed by atoms with Gasteiger partial charge in [-0.05, 0) is 51.0 Å². The number of hydrogen-bond donors (Lipinski definition) is 2. The van der Waals surface area contributed by atoms with Crippen molar-refractivity contribution in [2.75, 3.05) is 18.4 Å². The van der Waals surface area contributed by atoms with Crippen molar-refractivity contribution in [3.05, 3.63) is 30.1 Å². The van der Waals surface area contributed by atoms with Crippen LogP contribution in [0.15, 0.2) is 24.3 Å². The summed E-state index contributed by atoms with van der Waals surface area (Å²) in [5.41, 5.74) is 0.895. The SMILES string of the molecule is CC(C)S(=O)(=O)NCCCCCNc1ccc(F)cc1. The predicted molar refractivity (Wildman–Crippen MR) is 80.8 cm³/mol. The Balaban J connectivity index is 2.07. The molecule has 20 heavy (non-hydrogen) atoms. The van der Waals surface area contributed by atoms with Gasteiger partial charge in [-0.3, -0.25) is 0 Å². The lowest BCUT2D eigenvalue weighted by Gasteiger charge is -2.09. The fourth-order valence-corrected chi connectivity index (χ4v) is 2.37. The highest BCUT2D eigenvalue weighted by atomic mass is 32.2. The van der Waals surface area contributed by atoms with Crippen LogP contribution in [0.5, 0.6) is 0 Å². The van der Waals surface area contributed by atoms with E-state index < -0.39 is 10.0 Å². The summed E-state index contributed by atoms with van der Waals surface area (Å²) in [6.45, 7) is 4.60. The summed E-state index contributed by atoms with van der Waals surface area (Å²) >= 11 is 0. The van der Waals surface area contributed by atoms with Gasteiger partial charge in [-0.1, -0.05) is 6.42 Å². The van der Waals surface area contributed by atoms with E-state index in [1.807, 2.05) is 0 Å². The molecule has 0 spiro atoms. The molecular formula is C14H23FN2O2S. The fourth-order valence-electron chi connectivity index (χ4n) is 1.61. The maximum Gasteiger partial charge on any atom is 0.213 e. The summed E-state index contributed by atoms with van der Waals surface area (Å²) in [4.78, 5) is 0. The Hall–Kier alpha value is -1.14. The van der Waals surface area contributed by atoms with Gasteiger partial charge in [-0.15, -0.1) is 0 Å². The number of nitrogens with one attached hydrogen (secondary N) is 2. The van der Waals surface area contributed by atoms with Gasteiger partial charge in [0.05, 0.1) is 5.25 Å². The molecule has 1 aromatic carbocycles. The van der Waals surface area contributed by atoms with Gasteiger partial charge in [-0.2, -0.15) is 0 Å². The summed E-state index contributed by atoms with van der Waals surface area (Å²) in [6.07, 6.45) is 2.70. The van der Waals surface area contributed by atoms with E-state index in [0.29, 0.717) is 6.54 Å². The van der Waals surface area contributed by atoms with Crippen molar-refractivity contribution in [3.8, 4) is 0 Å². The highest BCUT2D eigenvalue weighted by molar-refractivity contribution is 7.90. The molecule has 0 bridgehead atoms. The van der Waals surface area contributed by atoms with Crippen LogP contribution < -0.4 is 10.0 Å². The van der Waals surface area contributed by atoms with Gasteiger partial charge in [0.2, 0.25) is 10.0 Å². The predicted octanol–water partition coefficient (Wildman–Crippen LogP) is 2.74. The van der Waals surface area contributed by atoms with Gasteiger partial charge in [0.25, 0.3) is 0 Å². The zero-order valence-electron chi connectivity index (χ0n) is 12.0. The largest absolute Gasteiger partial charge is 0.385 e. The van der Waals surface area contributed by atoms with Crippen molar-refractivity contribution < 1.29 is 12.8 Å². The third-order valence-corrected chi connectivity index (χ3v) is 4.80. The Morgan fingerprint density at radius 3 is 2.25 bits per heavy atom. The van der Waals surface area contributed by atoms with E-state index in [-0.39, 0.29) is 11.1 Å². The zero-order valence-corrected chi connectivity index (χ0v) is 12.8. The molecule has 0 saturated heterocycles. The van der Waals surface area contributed by atoms with E-state index >= 15 is 0 Å². The second-order valence-electron chi connectivity index (χ2n) is 4.98. The third-order valence-electron chi connectivity index (χ3n) is 2.95. The number of unbranched alkanes of at least 4 members (excludes halogenated alkanes) is 2. The second-order valence-corrected chi connectivity index (χ2v) is 7.30. The molecule has 2 N–H and O–H groups in total. The molecular weight excluding hydrogens is 279 g/mol. The van der Waals surface area contributed by atoms with E-state index in [1.165, 1.54) is 12.1 Å². The molecule has 1 rings (SSSR count). The lowest BCUT2D eigenvalue weighted by atomic mass is 10.2. The first-order valence-electron chi connectivity index (χ1n) is 6.90. The normalized spacial score (nSPS) is 11.8. The van der Waals surface area contributed by atoms with Crippen LogP contribution in [-0.2, 0) is 10.0 Å². The maximum absolute atomic E-state index is 12.7. The van der Waals surface area contributed by atoms with Crippen molar-refractivity contribution in [2.24, 2.45) is 0 Å². The molecule has 0 amide bonds. The summed E-state index contributed by atoms with van der Waals surface area (Å²) in [5.74, 6) is -0.243. The highest BCUT2D eigenvalue weighted by Gasteiger charge is 2.13. The number of sulfonamides is 1. The Labute approximate surface area is 120 Å². The van der Waals surface area contributed by atoms with Gasteiger partial charge in [0.1, 0.15) is 5.82 Å². The first-order chi connectivity index (χ1) is 9.42. The molecule has 114 valence electrons. The fraction of sp³-hybridized carbons (Fsp3) is 0.571. The molecule has 0 fully saturated rings. The van der Waals surface area contributed by atoms with Crippen molar-refractivity contribution in [3.63, 3.8) is 0 Å². The zero-order chi connectivity index (χ0) is 15.0. The van der Waals surface area contributed by atoms with E-state index in [1.54, 1.807) is 26.0 Å². The van der Waals surface area contributed by atoms with Crippen LogP contribution in [0.4, 0.5) is 10.1 Å².